The van der Waals surface area contributed by atoms with Crippen molar-refractivity contribution in [2.75, 3.05) is 87.4 Å². The first-order valence-electron chi connectivity index (χ1n) is 22.7. The Morgan fingerprint density at radius 3 is 2.57 bits per heavy atom. The minimum Gasteiger partial charge on any atom is -0.489 e. The van der Waals surface area contributed by atoms with Gasteiger partial charge in [0.1, 0.15) is 24.0 Å². The first kappa shape index (κ1) is 44.9. The molecule has 352 valence electrons. The maximum Gasteiger partial charge on any atom is 0.297 e. The molecule has 17 nitrogen and oxygen atoms in total. The Labute approximate surface area is 393 Å². The molecule has 6 heterocycles. The Morgan fingerprint density at radius 2 is 1.79 bits per heavy atom. The quantitative estimate of drug-likeness (QED) is 0.0918. The standard InChI is InChI=1S/C48H53ClN8O9S/c1-48(2)12-10-32(37(26-48)30-4-6-33(49)7-5-30)27-54-15-17-55(18-16-54)34-8-9-36(39(23-34)56-14-3-19-65-47-41(56)22-31-11-13-50-45(31)52-47)46(58)53-67(61,62)35-24-40(57(59)60)44-42(25-35)66-28-38(51-44)43-29-63-20-21-64-43/h4-9,11,13,22-25,38,43,51H,3,10,12,14-21,26-29H2,1-2H3,(H,50,52)(H,53,58)/t38-,43+/m0/s1. The van der Waals surface area contributed by atoms with Crippen LogP contribution in [-0.2, 0) is 19.5 Å². The fourth-order valence-corrected chi connectivity index (χ4v) is 10.9. The number of nitrogens with zero attached hydrogens (tertiary/aromatic N) is 5. The molecule has 5 aliphatic rings. The summed E-state index contributed by atoms with van der Waals surface area (Å²) in [4.78, 5) is 40.3. The molecule has 3 N–H and O–H groups in total. The number of anilines is 4. The average Bonchev–Trinajstić information content (AvgIpc) is 3.69. The van der Waals surface area contributed by atoms with E-state index in [0.29, 0.717) is 55.7 Å². The third-order valence-electron chi connectivity index (χ3n) is 13.4. The highest BCUT2D eigenvalue weighted by Crippen LogP contribution is 2.45. The van der Waals surface area contributed by atoms with Crippen molar-refractivity contribution in [2.24, 2.45) is 5.41 Å². The van der Waals surface area contributed by atoms with E-state index in [-0.39, 0.29) is 35.6 Å². The van der Waals surface area contributed by atoms with Crippen LogP contribution in [0.1, 0.15) is 55.5 Å². The van der Waals surface area contributed by atoms with Crippen LogP contribution in [0.4, 0.5) is 28.4 Å². The molecule has 10 rings (SSSR count). The van der Waals surface area contributed by atoms with E-state index >= 15 is 0 Å². The highest BCUT2D eigenvalue weighted by molar-refractivity contribution is 7.90. The number of aromatic amines is 1. The summed E-state index contributed by atoms with van der Waals surface area (Å²) >= 11 is 6.28. The lowest BCUT2D eigenvalue weighted by molar-refractivity contribution is -0.384. The Bertz CT molecular complexity index is 2860. The molecule has 1 aliphatic carbocycles. The lowest BCUT2D eigenvalue weighted by atomic mass is 9.72. The van der Waals surface area contributed by atoms with E-state index in [9.17, 15) is 23.3 Å². The van der Waals surface area contributed by atoms with Gasteiger partial charge in [0, 0.05) is 73.7 Å². The number of fused-ring (bicyclic) bond motifs is 3. The van der Waals surface area contributed by atoms with Crippen molar-refractivity contribution in [3.63, 3.8) is 0 Å². The average molecular weight is 954 g/mol. The fourth-order valence-electron chi connectivity index (χ4n) is 9.76. The molecule has 2 saturated heterocycles. The molecule has 3 aromatic carbocycles. The zero-order chi connectivity index (χ0) is 46.5. The van der Waals surface area contributed by atoms with Crippen LogP contribution < -0.4 is 29.3 Å². The van der Waals surface area contributed by atoms with Crippen molar-refractivity contribution in [1.82, 2.24) is 19.6 Å². The number of halogens is 1. The SMILES string of the molecule is CC1(C)CCC(CN2CCN(c3ccc(C(=O)NS(=O)(=O)c4cc5c(c([N+](=O)[O-])c4)N[C@H]([C@H]4COCCO4)CO5)c(N4CCCOc5nc6[nH]ccc6cc54)c3)CC2)=C(c2ccc(Cl)cc2)C1. The number of benzene rings is 3. The number of nitro benzene ring substituents is 1. The number of allylic oxidation sites excluding steroid dienone is 1. The van der Waals surface area contributed by atoms with Crippen LogP contribution in [-0.4, -0.2) is 119 Å². The summed E-state index contributed by atoms with van der Waals surface area (Å²) in [5.41, 5.74) is 6.51. The van der Waals surface area contributed by atoms with Gasteiger partial charge in [-0.1, -0.05) is 43.2 Å². The molecule has 0 bridgehead atoms. The van der Waals surface area contributed by atoms with Crippen LogP contribution in [0.15, 0.2) is 83.4 Å². The maximum atomic E-state index is 14.5. The first-order chi connectivity index (χ1) is 32.3. The fraction of sp³-hybridized carbons (Fsp3) is 0.417. The summed E-state index contributed by atoms with van der Waals surface area (Å²) in [6.45, 7) is 10.6. The molecule has 2 aromatic heterocycles. The van der Waals surface area contributed by atoms with Crippen molar-refractivity contribution in [3.05, 3.63) is 105 Å². The second-order valence-corrected chi connectivity index (χ2v) is 20.6. The number of H-pyrrole nitrogens is 1. The number of sulfonamides is 1. The summed E-state index contributed by atoms with van der Waals surface area (Å²) < 4.78 is 53.8. The minimum absolute atomic E-state index is 0.0180. The summed E-state index contributed by atoms with van der Waals surface area (Å²) in [7, 11) is -4.69. The molecular formula is C48H53ClN8O9S. The zero-order valence-corrected chi connectivity index (χ0v) is 39.0. The van der Waals surface area contributed by atoms with Gasteiger partial charge in [-0.3, -0.25) is 19.8 Å². The van der Waals surface area contributed by atoms with Gasteiger partial charge in [0.15, 0.2) is 11.4 Å². The molecule has 0 saturated carbocycles. The smallest absolute Gasteiger partial charge is 0.297 e. The molecular weight excluding hydrogens is 900 g/mol. The van der Waals surface area contributed by atoms with Gasteiger partial charge in [0.25, 0.3) is 21.6 Å². The molecule has 2 fully saturated rings. The number of hydrogen-bond donors (Lipinski definition) is 3. The third-order valence-corrected chi connectivity index (χ3v) is 15.0. The van der Waals surface area contributed by atoms with Gasteiger partial charge in [-0.15, -0.1) is 0 Å². The van der Waals surface area contributed by atoms with Crippen LogP contribution in [0.5, 0.6) is 11.6 Å². The van der Waals surface area contributed by atoms with E-state index in [1.54, 1.807) is 12.3 Å². The number of nitrogens with one attached hydrogen (secondary N) is 3. The molecule has 0 radical (unpaired) electrons. The van der Waals surface area contributed by atoms with E-state index in [0.717, 1.165) is 74.1 Å². The van der Waals surface area contributed by atoms with Crippen LogP contribution in [0, 0.1) is 15.5 Å². The lowest BCUT2D eigenvalue weighted by Crippen LogP contribution is -2.47. The van der Waals surface area contributed by atoms with Crippen molar-refractivity contribution in [3.8, 4) is 11.6 Å². The lowest BCUT2D eigenvalue weighted by Gasteiger charge is -2.39. The largest absolute Gasteiger partial charge is 0.489 e. The summed E-state index contributed by atoms with van der Waals surface area (Å²) in [5.74, 6) is -0.571. The molecule has 0 unspecified atom stereocenters. The van der Waals surface area contributed by atoms with Gasteiger partial charge in [-0.25, -0.2) is 13.1 Å². The van der Waals surface area contributed by atoms with E-state index in [1.165, 1.54) is 22.8 Å². The Balaban J connectivity index is 0.936. The van der Waals surface area contributed by atoms with Gasteiger partial charge in [0.2, 0.25) is 5.88 Å². The normalized spacial score (nSPS) is 21.1. The predicted octanol–water partition coefficient (Wildman–Crippen LogP) is 7.54. The van der Waals surface area contributed by atoms with Crippen molar-refractivity contribution in [1.29, 1.82) is 0 Å². The topological polar surface area (TPSA) is 194 Å². The van der Waals surface area contributed by atoms with Gasteiger partial charge in [0.05, 0.1) is 53.5 Å². The van der Waals surface area contributed by atoms with Gasteiger partial charge < -0.3 is 39.0 Å². The van der Waals surface area contributed by atoms with Crippen LogP contribution in [0.3, 0.4) is 0 Å². The number of carbonyl (C=O) groups is 1. The molecule has 4 aliphatic heterocycles. The summed E-state index contributed by atoms with van der Waals surface area (Å²) in [6, 6.07) is 19.1. The molecule has 5 aromatic rings. The van der Waals surface area contributed by atoms with Gasteiger partial charge in [-0.05, 0) is 84.7 Å². The number of aromatic nitrogens is 2. The molecule has 1 amide bonds. The van der Waals surface area contributed by atoms with E-state index < -0.39 is 43.6 Å². The van der Waals surface area contributed by atoms with E-state index in [4.69, 9.17) is 35.5 Å². The number of carbonyl (C=O) groups excluding carboxylic acids is 1. The number of amides is 1. The van der Waals surface area contributed by atoms with E-state index in [2.05, 4.69) is 50.8 Å². The minimum atomic E-state index is -4.69. The second kappa shape index (κ2) is 18.3. The van der Waals surface area contributed by atoms with Crippen molar-refractivity contribution in [2.45, 2.75) is 56.6 Å². The monoisotopic (exact) mass is 952 g/mol. The molecule has 67 heavy (non-hydrogen) atoms. The number of hydrogen-bond acceptors (Lipinski definition) is 14. The highest BCUT2D eigenvalue weighted by atomic mass is 35.5. The summed E-state index contributed by atoms with van der Waals surface area (Å²) in [6.07, 6.45) is 5.14. The van der Waals surface area contributed by atoms with E-state index in [1.807, 2.05) is 41.3 Å². The van der Waals surface area contributed by atoms with Crippen LogP contribution in [0.25, 0.3) is 16.6 Å². The Hall–Kier alpha value is -5.92. The maximum absolute atomic E-state index is 14.5. The number of pyridine rings is 1. The van der Waals surface area contributed by atoms with Crippen molar-refractivity contribution >= 4 is 72.6 Å². The highest BCUT2D eigenvalue weighted by Gasteiger charge is 2.37. The van der Waals surface area contributed by atoms with Gasteiger partial charge >= 0.3 is 0 Å². The van der Waals surface area contributed by atoms with Crippen LogP contribution >= 0.6 is 11.6 Å². The second-order valence-electron chi connectivity index (χ2n) is 18.5. The number of ether oxygens (including phenoxy) is 4. The van der Waals surface area contributed by atoms with Crippen LogP contribution in [0.2, 0.25) is 5.02 Å². The number of piperazine rings is 1. The number of nitro groups is 1. The Morgan fingerprint density at radius 1 is 0.970 bits per heavy atom. The van der Waals surface area contributed by atoms with Gasteiger partial charge in [-0.2, -0.15) is 4.98 Å². The predicted molar refractivity (Wildman–Crippen MR) is 256 cm³/mol. The molecule has 0 spiro atoms. The number of rotatable bonds is 10. The molecule has 19 heteroatoms. The molecule has 2 atom stereocenters. The zero-order valence-electron chi connectivity index (χ0n) is 37.4. The third kappa shape index (κ3) is 9.37. The summed E-state index contributed by atoms with van der Waals surface area (Å²) in [5, 5.41) is 17.1. The first-order valence-corrected chi connectivity index (χ1v) is 24.6. The van der Waals surface area contributed by atoms with Crippen molar-refractivity contribution < 1.29 is 37.1 Å². The Kier molecular flexibility index (Phi) is 12.3.